The lowest BCUT2D eigenvalue weighted by Gasteiger charge is -2.26. The Balaban J connectivity index is 1.88. The Morgan fingerprint density at radius 2 is 1.93 bits per heavy atom. The van der Waals surface area contributed by atoms with Gasteiger partial charge in [-0.15, -0.1) is 5.10 Å². The highest BCUT2D eigenvalue weighted by atomic mass is 32.2. The van der Waals surface area contributed by atoms with Gasteiger partial charge in [0, 0.05) is 36.4 Å². The van der Waals surface area contributed by atoms with E-state index in [1.165, 1.54) is 16.8 Å². The Labute approximate surface area is 157 Å². The van der Waals surface area contributed by atoms with E-state index in [-0.39, 0.29) is 0 Å². The summed E-state index contributed by atoms with van der Waals surface area (Å²) >= 11 is 1.84. The Hall–Kier alpha value is -2.73. The van der Waals surface area contributed by atoms with Gasteiger partial charge in [-0.2, -0.15) is 30.2 Å². The number of nitriles is 1. The highest BCUT2D eigenvalue weighted by Gasteiger charge is 2.31. The number of hydrogen-bond donors (Lipinski definition) is 0. The van der Waals surface area contributed by atoms with Crippen LogP contribution in [0.25, 0.3) is 16.9 Å². The van der Waals surface area contributed by atoms with Crippen molar-refractivity contribution in [3.8, 4) is 17.3 Å². The number of nitrogens with zero attached hydrogens (tertiary/aromatic N) is 5. The van der Waals surface area contributed by atoms with E-state index >= 15 is 0 Å². The van der Waals surface area contributed by atoms with Gasteiger partial charge in [0.15, 0.2) is 11.5 Å². The maximum atomic E-state index is 13.1. The zero-order valence-electron chi connectivity index (χ0n) is 14.1. The summed E-state index contributed by atoms with van der Waals surface area (Å²) in [6.45, 7) is 1.53. The van der Waals surface area contributed by atoms with Gasteiger partial charge >= 0.3 is 6.18 Å². The molecule has 0 N–H and O–H groups in total. The molecule has 1 aromatic carbocycles. The van der Waals surface area contributed by atoms with E-state index in [2.05, 4.69) is 16.2 Å². The summed E-state index contributed by atoms with van der Waals surface area (Å²) < 4.78 is 40.7. The predicted molar refractivity (Wildman–Crippen MR) is 97.7 cm³/mol. The molecule has 2 aromatic heterocycles. The molecule has 1 saturated heterocycles. The number of alkyl halides is 3. The third-order valence-electron chi connectivity index (χ3n) is 4.41. The van der Waals surface area contributed by atoms with Crippen molar-refractivity contribution in [1.29, 1.82) is 5.26 Å². The number of aromatic nitrogens is 3. The fraction of sp³-hybridized carbons (Fsp3) is 0.278. The molecular formula is C18H14F3N5S. The smallest absolute Gasteiger partial charge is 0.352 e. The number of fused-ring (bicyclic) bond motifs is 1. The lowest BCUT2D eigenvalue weighted by atomic mass is 10.1. The first-order valence-corrected chi connectivity index (χ1v) is 9.42. The molecule has 3 heterocycles. The van der Waals surface area contributed by atoms with E-state index in [0.717, 1.165) is 36.7 Å². The minimum atomic E-state index is -4.43. The number of benzene rings is 1. The molecule has 138 valence electrons. The quantitative estimate of drug-likeness (QED) is 0.667. The number of thioether (sulfide) groups is 1. The van der Waals surface area contributed by atoms with Gasteiger partial charge in [0.2, 0.25) is 0 Å². The van der Waals surface area contributed by atoms with Crippen LogP contribution in [0.15, 0.2) is 36.5 Å². The highest BCUT2D eigenvalue weighted by molar-refractivity contribution is 7.99. The van der Waals surface area contributed by atoms with Crippen LogP contribution in [0.1, 0.15) is 11.1 Å². The maximum absolute atomic E-state index is 13.1. The van der Waals surface area contributed by atoms with Gasteiger partial charge < -0.3 is 4.90 Å². The minimum absolute atomic E-state index is 0.343. The minimum Gasteiger partial charge on any atom is -0.352 e. The van der Waals surface area contributed by atoms with Gasteiger partial charge in [0.05, 0.1) is 11.3 Å². The molecule has 1 aliphatic heterocycles. The van der Waals surface area contributed by atoms with Gasteiger partial charge in [-0.05, 0) is 18.2 Å². The van der Waals surface area contributed by atoms with Gasteiger partial charge in [0.25, 0.3) is 0 Å². The molecule has 0 atom stereocenters. The van der Waals surface area contributed by atoms with Crippen LogP contribution >= 0.6 is 11.8 Å². The number of halogens is 3. The van der Waals surface area contributed by atoms with Crippen molar-refractivity contribution in [1.82, 2.24) is 14.6 Å². The molecule has 0 amide bonds. The topological polar surface area (TPSA) is 57.2 Å². The summed E-state index contributed by atoms with van der Waals surface area (Å²) in [6.07, 6.45) is -2.94. The Kier molecular flexibility index (Phi) is 4.44. The summed E-state index contributed by atoms with van der Waals surface area (Å²) in [5.74, 6) is 2.41. The van der Waals surface area contributed by atoms with Crippen molar-refractivity contribution in [2.45, 2.75) is 6.18 Å². The first-order chi connectivity index (χ1) is 13.0. The molecule has 0 aliphatic carbocycles. The zero-order valence-corrected chi connectivity index (χ0v) is 14.9. The van der Waals surface area contributed by atoms with Gasteiger partial charge in [-0.25, -0.2) is 9.50 Å². The summed E-state index contributed by atoms with van der Waals surface area (Å²) in [6, 6.07) is 8.83. The number of hydrogen-bond acceptors (Lipinski definition) is 5. The van der Waals surface area contributed by atoms with E-state index in [9.17, 15) is 18.4 Å². The van der Waals surface area contributed by atoms with Crippen LogP contribution < -0.4 is 4.90 Å². The van der Waals surface area contributed by atoms with Crippen LogP contribution in [0.4, 0.5) is 19.0 Å². The average Bonchev–Trinajstić information content (AvgIpc) is 3.07. The van der Waals surface area contributed by atoms with Crippen LogP contribution in [-0.2, 0) is 6.18 Å². The van der Waals surface area contributed by atoms with Crippen molar-refractivity contribution >= 4 is 23.2 Å². The van der Waals surface area contributed by atoms with Gasteiger partial charge in [0.1, 0.15) is 11.6 Å². The third-order valence-corrected chi connectivity index (χ3v) is 5.35. The fourth-order valence-corrected chi connectivity index (χ4v) is 4.01. The molecule has 3 aromatic rings. The van der Waals surface area contributed by atoms with E-state index in [1.54, 1.807) is 12.1 Å². The van der Waals surface area contributed by atoms with Crippen molar-refractivity contribution in [3.63, 3.8) is 0 Å². The first kappa shape index (κ1) is 17.7. The lowest BCUT2D eigenvalue weighted by Crippen LogP contribution is -2.33. The first-order valence-electron chi connectivity index (χ1n) is 8.27. The van der Waals surface area contributed by atoms with E-state index in [0.29, 0.717) is 28.3 Å². The number of anilines is 1. The summed E-state index contributed by atoms with van der Waals surface area (Å²) in [5.41, 5.74) is 0.785. The second-order valence-corrected chi connectivity index (χ2v) is 7.28. The Bertz CT molecular complexity index is 1030. The molecule has 0 radical (unpaired) electrons. The highest BCUT2D eigenvalue weighted by Crippen LogP contribution is 2.33. The molecule has 0 bridgehead atoms. The molecular weight excluding hydrogens is 375 g/mol. The second kappa shape index (κ2) is 6.78. The van der Waals surface area contributed by atoms with Crippen molar-refractivity contribution in [3.05, 3.63) is 47.7 Å². The molecule has 1 aliphatic rings. The average molecular weight is 389 g/mol. The van der Waals surface area contributed by atoms with Crippen molar-refractivity contribution in [2.24, 2.45) is 0 Å². The lowest BCUT2D eigenvalue weighted by molar-refractivity contribution is -0.137. The third kappa shape index (κ3) is 3.21. The van der Waals surface area contributed by atoms with E-state index in [1.807, 2.05) is 16.7 Å². The standard InChI is InChI=1S/C18H14F3N5S/c19-18(20,21)13-3-1-2-12(10-13)15-4-5-23-16-14(11-22)17(24-26(15)16)25-6-8-27-9-7-25/h1-5,10H,6-9H2. The van der Waals surface area contributed by atoms with Gasteiger partial charge in [-0.1, -0.05) is 12.1 Å². The van der Waals surface area contributed by atoms with E-state index in [4.69, 9.17) is 0 Å². The SMILES string of the molecule is N#Cc1c(N2CCSCC2)nn2c(-c3cccc(C(F)(F)F)c3)ccnc12. The van der Waals surface area contributed by atoms with Crippen molar-refractivity contribution in [2.75, 3.05) is 29.5 Å². The Morgan fingerprint density at radius 3 is 2.63 bits per heavy atom. The van der Waals surface area contributed by atoms with Crippen LogP contribution in [0.2, 0.25) is 0 Å². The molecule has 5 nitrogen and oxygen atoms in total. The van der Waals surface area contributed by atoms with Crippen LogP contribution in [0.3, 0.4) is 0 Å². The summed E-state index contributed by atoms with van der Waals surface area (Å²) in [7, 11) is 0. The molecule has 9 heteroatoms. The molecule has 1 fully saturated rings. The second-order valence-electron chi connectivity index (χ2n) is 6.05. The van der Waals surface area contributed by atoms with E-state index < -0.39 is 11.7 Å². The molecule has 0 unspecified atom stereocenters. The normalized spacial score (nSPS) is 15.1. The Morgan fingerprint density at radius 1 is 1.15 bits per heavy atom. The molecule has 0 saturated carbocycles. The van der Waals surface area contributed by atoms with Crippen LogP contribution in [-0.4, -0.2) is 39.2 Å². The summed E-state index contributed by atoms with van der Waals surface area (Å²) in [5, 5.41) is 14.2. The molecule has 27 heavy (non-hydrogen) atoms. The molecule has 4 rings (SSSR count). The van der Waals surface area contributed by atoms with Crippen LogP contribution in [0.5, 0.6) is 0 Å². The largest absolute Gasteiger partial charge is 0.416 e. The van der Waals surface area contributed by atoms with Gasteiger partial charge in [-0.3, -0.25) is 0 Å². The van der Waals surface area contributed by atoms with Crippen molar-refractivity contribution < 1.29 is 13.2 Å². The van der Waals surface area contributed by atoms with Crippen LogP contribution in [0, 0.1) is 11.3 Å². The number of rotatable bonds is 2. The fourth-order valence-electron chi connectivity index (χ4n) is 3.10. The zero-order chi connectivity index (χ0) is 19.0. The molecule has 0 spiro atoms. The monoisotopic (exact) mass is 389 g/mol. The predicted octanol–water partition coefficient (Wildman–Crippen LogP) is 3.84. The summed E-state index contributed by atoms with van der Waals surface area (Å²) in [4.78, 5) is 6.28. The maximum Gasteiger partial charge on any atom is 0.416 e.